The van der Waals surface area contributed by atoms with E-state index in [9.17, 15) is 24.3 Å². The van der Waals surface area contributed by atoms with Crippen LogP contribution in [0.15, 0.2) is 85.1 Å². The Morgan fingerprint density at radius 3 is 2.29 bits per heavy atom. The molecule has 0 bridgehead atoms. The molecule has 5 rings (SSSR count). The van der Waals surface area contributed by atoms with E-state index in [0.717, 1.165) is 27.6 Å². The van der Waals surface area contributed by atoms with E-state index in [1.165, 1.54) is 17.0 Å². The molecule has 4 aromatic rings. The van der Waals surface area contributed by atoms with Crippen molar-refractivity contribution in [1.82, 2.24) is 20.5 Å². The molecule has 3 aromatic carbocycles. The summed E-state index contributed by atoms with van der Waals surface area (Å²) in [6, 6.07) is 19.5. The van der Waals surface area contributed by atoms with Crippen molar-refractivity contribution in [2.45, 2.75) is 56.3 Å². The summed E-state index contributed by atoms with van der Waals surface area (Å²) < 4.78 is 0. The number of H-pyrrole nitrogens is 1. The second kappa shape index (κ2) is 14.1. The van der Waals surface area contributed by atoms with Gasteiger partial charge in [0.25, 0.3) is 0 Å². The number of hydrogen-bond acceptors (Lipinski definition) is 6. The van der Waals surface area contributed by atoms with Crippen molar-refractivity contribution in [3.63, 3.8) is 0 Å². The lowest BCUT2D eigenvalue weighted by Crippen LogP contribution is -2.58. The number of rotatable bonds is 12. The number of para-hydroxylation sites is 1. The molecule has 11 heteroatoms. The standard InChI is InChI=1S/C34H38N6O5/c35-26(17-22-12-14-24(41)15-13-22)34(45)40-16-6-11-30(40)33(44)39-29(19-23-20-37-27-10-5-4-9-25(23)27)32(43)38-28(31(36)42)18-21-7-2-1-3-8-21/h1-5,7-10,12-15,20,26,28-30,37,41H,6,11,16-19,35H2,(H2,36,42)(H,38,43)(H,39,44)/t26-,28?,29+,30+/m0/s1. The molecular weight excluding hydrogens is 572 g/mol. The Hall–Kier alpha value is -5.16. The highest BCUT2D eigenvalue weighted by atomic mass is 16.3. The highest BCUT2D eigenvalue weighted by molar-refractivity contribution is 5.95. The number of benzene rings is 3. The Morgan fingerprint density at radius 2 is 1.56 bits per heavy atom. The van der Waals surface area contributed by atoms with Crippen LogP contribution in [-0.4, -0.2) is 69.3 Å². The number of aromatic amines is 1. The van der Waals surface area contributed by atoms with Crippen LogP contribution in [0.4, 0.5) is 0 Å². The summed E-state index contributed by atoms with van der Waals surface area (Å²) in [7, 11) is 0. The van der Waals surface area contributed by atoms with E-state index in [4.69, 9.17) is 11.5 Å². The number of nitrogens with one attached hydrogen (secondary N) is 3. The van der Waals surface area contributed by atoms with Crippen LogP contribution in [-0.2, 0) is 38.4 Å². The predicted octanol–water partition coefficient (Wildman–Crippen LogP) is 1.67. The zero-order valence-electron chi connectivity index (χ0n) is 24.8. The molecule has 0 spiro atoms. The molecule has 0 aliphatic carbocycles. The molecule has 1 aliphatic heterocycles. The summed E-state index contributed by atoms with van der Waals surface area (Å²) in [6.45, 7) is 0.361. The van der Waals surface area contributed by atoms with Crippen molar-refractivity contribution in [3.8, 4) is 5.75 Å². The first-order valence-electron chi connectivity index (χ1n) is 15.0. The molecule has 1 aliphatic rings. The molecule has 0 saturated carbocycles. The fourth-order valence-corrected chi connectivity index (χ4v) is 5.83. The zero-order valence-corrected chi connectivity index (χ0v) is 24.8. The summed E-state index contributed by atoms with van der Waals surface area (Å²) in [5, 5.41) is 16.1. The first-order chi connectivity index (χ1) is 21.7. The number of amides is 4. The van der Waals surface area contributed by atoms with Gasteiger partial charge in [-0.15, -0.1) is 0 Å². The normalized spacial score (nSPS) is 16.6. The van der Waals surface area contributed by atoms with Crippen LogP contribution in [0.5, 0.6) is 5.75 Å². The monoisotopic (exact) mass is 610 g/mol. The summed E-state index contributed by atoms with van der Waals surface area (Å²) in [4.78, 5) is 57.9. The quantitative estimate of drug-likeness (QED) is 0.142. The number of aromatic nitrogens is 1. The van der Waals surface area contributed by atoms with Gasteiger partial charge in [-0.3, -0.25) is 19.2 Å². The van der Waals surface area contributed by atoms with Gasteiger partial charge in [0.05, 0.1) is 6.04 Å². The van der Waals surface area contributed by atoms with Gasteiger partial charge in [-0.05, 0) is 54.2 Å². The van der Waals surface area contributed by atoms with E-state index in [1.54, 1.807) is 18.3 Å². The smallest absolute Gasteiger partial charge is 0.243 e. The molecule has 11 nitrogen and oxygen atoms in total. The van der Waals surface area contributed by atoms with Crippen LogP contribution in [0.3, 0.4) is 0 Å². The Kier molecular flexibility index (Phi) is 9.79. The third-order valence-corrected chi connectivity index (χ3v) is 8.22. The van der Waals surface area contributed by atoms with Crippen molar-refractivity contribution in [3.05, 3.63) is 102 Å². The van der Waals surface area contributed by atoms with Crippen molar-refractivity contribution >= 4 is 34.5 Å². The summed E-state index contributed by atoms with van der Waals surface area (Å²) in [5.74, 6) is -1.98. The fraction of sp³-hybridized carbons (Fsp3) is 0.294. The van der Waals surface area contributed by atoms with Crippen LogP contribution >= 0.6 is 0 Å². The number of carbonyl (C=O) groups excluding carboxylic acids is 4. The van der Waals surface area contributed by atoms with Gasteiger partial charge in [0.15, 0.2) is 0 Å². The maximum atomic E-state index is 13.7. The van der Waals surface area contributed by atoms with E-state index in [2.05, 4.69) is 15.6 Å². The lowest BCUT2D eigenvalue weighted by Gasteiger charge is -2.29. The molecule has 1 unspecified atom stereocenters. The first-order valence-corrected chi connectivity index (χ1v) is 15.0. The van der Waals surface area contributed by atoms with Crippen LogP contribution in [0.25, 0.3) is 10.9 Å². The molecule has 1 saturated heterocycles. The third kappa shape index (κ3) is 7.68. The topological polar surface area (TPSA) is 184 Å². The minimum atomic E-state index is -1.06. The van der Waals surface area contributed by atoms with Crippen LogP contribution in [0, 0.1) is 0 Å². The molecule has 234 valence electrons. The van der Waals surface area contributed by atoms with Gasteiger partial charge in [-0.1, -0.05) is 60.7 Å². The average molecular weight is 611 g/mol. The highest BCUT2D eigenvalue weighted by Gasteiger charge is 2.38. The van der Waals surface area contributed by atoms with Crippen LogP contribution < -0.4 is 22.1 Å². The van der Waals surface area contributed by atoms with Crippen molar-refractivity contribution in [1.29, 1.82) is 0 Å². The molecular formula is C34H38N6O5. The number of nitrogens with zero attached hydrogens (tertiary/aromatic N) is 1. The van der Waals surface area contributed by atoms with Gasteiger partial charge in [0.1, 0.15) is 23.9 Å². The molecule has 1 fully saturated rings. The van der Waals surface area contributed by atoms with Crippen LogP contribution in [0.2, 0.25) is 0 Å². The predicted molar refractivity (Wildman–Crippen MR) is 170 cm³/mol. The van der Waals surface area contributed by atoms with Gasteiger partial charge in [0.2, 0.25) is 23.6 Å². The molecule has 1 aromatic heterocycles. The number of fused-ring (bicyclic) bond motifs is 1. The maximum Gasteiger partial charge on any atom is 0.243 e. The minimum Gasteiger partial charge on any atom is -0.508 e. The first kappa shape index (κ1) is 31.3. The lowest BCUT2D eigenvalue weighted by atomic mass is 10.0. The van der Waals surface area contributed by atoms with E-state index >= 15 is 0 Å². The molecule has 45 heavy (non-hydrogen) atoms. The molecule has 0 radical (unpaired) electrons. The van der Waals surface area contributed by atoms with E-state index in [0.29, 0.717) is 19.4 Å². The molecule has 4 amide bonds. The van der Waals surface area contributed by atoms with Gasteiger partial charge in [-0.25, -0.2) is 0 Å². The number of phenolic OH excluding ortho intramolecular Hbond substituents is 1. The number of nitrogens with two attached hydrogens (primary N) is 2. The number of aromatic hydroxyl groups is 1. The van der Waals surface area contributed by atoms with Crippen molar-refractivity contribution < 1.29 is 24.3 Å². The fourth-order valence-electron chi connectivity index (χ4n) is 5.83. The summed E-state index contributed by atoms with van der Waals surface area (Å²) in [6.07, 6.45) is 3.39. The summed E-state index contributed by atoms with van der Waals surface area (Å²) in [5.41, 5.74) is 15.2. The second-order valence-electron chi connectivity index (χ2n) is 11.4. The van der Waals surface area contributed by atoms with Gasteiger partial charge in [-0.2, -0.15) is 0 Å². The van der Waals surface area contributed by atoms with Gasteiger partial charge in [0, 0.05) is 36.5 Å². The Morgan fingerprint density at radius 1 is 0.867 bits per heavy atom. The largest absolute Gasteiger partial charge is 0.508 e. The third-order valence-electron chi connectivity index (χ3n) is 8.22. The molecule has 8 N–H and O–H groups in total. The van der Waals surface area contributed by atoms with E-state index in [-0.39, 0.29) is 30.9 Å². The molecule has 4 atom stereocenters. The van der Waals surface area contributed by atoms with Gasteiger partial charge >= 0.3 is 0 Å². The van der Waals surface area contributed by atoms with Gasteiger partial charge < -0.3 is 37.1 Å². The Labute approximate surface area is 261 Å². The number of likely N-dealkylation sites (tertiary alicyclic amines) is 1. The molecule has 2 heterocycles. The Balaban J connectivity index is 1.33. The number of hydrogen-bond donors (Lipinski definition) is 6. The highest BCUT2D eigenvalue weighted by Crippen LogP contribution is 2.22. The zero-order chi connectivity index (χ0) is 31.9. The van der Waals surface area contributed by atoms with E-state index < -0.39 is 41.9 Å². The number of carbonyl (C=O) groups is 4. The van der Waals surface area contributed by atoms with Crippen molar-refractivity contribution in [2.75, 3.05) is 6.54 Å². The summed E-state index contributed by atoms with van der Waals surface area (Å²) >= 11 is 0. The van der Waals surface area contributed by atoms with Crippen LogP contribution in [0.1, 0.15) is 29.5 Å². The number of phenols is 1. The van der Waals surface area contributed by atoms with E-state index in [1.807, 2.05) is 54.6 Å². The lowest BCUT2D eigenvalue weighted by molar-refractivity contribution is -0.140. The maximum absolute atomic E-state index is 13.7. The number of primary amides is 1. The van der Waals surface area contributed by atoms with Crippen molar-refractivity contribution in [2.24, 2.45) is 11.5 Å². The average Bonchev–Trinajstić information content (AvgIpc) is 3.69. The SMILES string of the molecule is NC(=O)C(Cc1ccccc1)NC(=O)[C@@H](Cc1c[nH]c2ccccc12)NC(=O)[C@H]1CCCN1C(=O)[C@@H](N)Cc1ccc(O)cc1. The minimum absolute atomic E-state index is 0.114. The second-order valence-corrected chi connectivity index (χ2v) is 11.4. The Bertz CT molecular complexity index is 1650.